The van der Waals surface area contributed by atoms with Crippen molar-refractivity contribution in [3.8, 4) is 0 Å². The minimum Gasteiger partial charge on any atom is -0.312 e. The van der Waals surface area contributed by atoms with Gasteiger partial charge in [0.15, 0.2) is 0 Å². The van der Waals surface area contributed by atoms with Crippen LogP contribution in [0.15, 0.2) is 54.6 Å². The molecule has 0 amide bonds. The zero-order valence-electron chi connectivity index (χ0n) is 11.4. The first-order valence-corrected chi connectivity index (χ1v) is 6.51. The molecule has 18 heavy (non-hydrogen) atoms. The minimum absolute atomic E-state index is 0.354. The molecule has 0 saturated heterocycles. The summed E-state index contributed by atoms with van der Waals surface area (Å²) in [5.74, 6) is 0.456. The van der Waals surface area contributed by atoms with E-state index in [0.717, 1.165) is 0 Å². The van der Waals surface area contributed by atoms with Crippen LogP contribution in [0.25, 0.3) is 0 Å². The lowest BCUT2D eigenvalue weighted by Crippen LogP contribution is -2.22. The monoisotopic (exact) mass is 239 g/mol. The van der Waals surface area contributed by atoms with E-state index in [4.69, 9.17) is 0 Å². The van der Waals surface area contributed by atoms with Gasteiger partial charge < -0.3 is 5.32 Å². The second-order valence-electron chi connectivity index (χ2n) is 4.88. The largest absolute Gasteiger partial charge is 0.312 e. The van der Waals surface area contributed by atoms with E-state index in [1.54, 1.807) is 0 Å². The van der Waals surface area contributed by atoms with E-state index in [1.807, 2.05) is 7.05 Å². The zero-order chi connectivity index (χ0) is 13.0. The number of likely N-dealkylation sites (N-methyl/N-ethyl adjacent to an activating group) is 1. The van der Waals surface area contributed by atoms with Crippen LogP contribution in [0.3, 0.4) is 0 Å². The van der Waals surface area contributed by atoms with Crippen molar-refractivity contribution in [3.05, 3.63) is 71.3 Å². The number of hydrogen-bond acceptors (Lipinski definition) is 1. The van der Waals surface area contributed by atoms with Gasteiger partial charge in [-0.05, 0) is 25.1 Å². The van der Waals surface area contributed by atoms with Gasteiger partial charge in [0, 0.05) is 12.0 Å². The Balaban J connectivity index is 2.29. The van der Waals surface area contributed by atoms with E-state index < -0.39 is 0 Å². The van der Waals surface area contributed by atoms with Crippen molar-refractivity contribution in [2.24, 2.45) is 0 Å². The van der Waals surface area contributed by atoms with E-state index >= 15 is 0 Å². The first kappa shape index (κ1) is 12.8. The van der Waals surface area contributed by atoms with Crippen LogP contribution in [-0.2, 0) is 0 Å². The third kappa shape index (κ3) is 2.80. The van der Waals surface area contributed by atoms with Crippen molar-refractivity contribution < 1.29 is 0 Å². The highest BCUT2D eigenvalue weighted by Crippen LogP contribution is 2.30. The summed E-state index contributed by atoms with van der Waals surface area (Å²) in [6.07, 6.45) is 0. The van der Waals surface area contributed by atoms with Crippen LogP contribution in [-0.4, -0.2) is 7.05 Å². The number of nitrogens with one attached hydrogen (secondary N) is 1. The molecule has 0 aromatic heterocycles. The summed E-state index contributed by atoms with van der Waals surface area (Å²) >= 11 is 0. The van der Waals surface area contributed by atoms with Crippen molar-refractivity contribution in [2.75, 3.05) is 7.05 Å². The molecule has 0 bridgehead atoms. The number of rotatable bonds is 4. The third-order valence-electron chi connectivity index (χ3n) is 3.54. The molecule has 1 nitrogen and oxygen atoms in total. The number of benzene rings is 2. The average Bonchev–Trinajstić information content (AvgIpc) is 2.40. The van der Waals surface area contributed by atoms with Crippen molar-refractivity contribution in [1.29, 1.82) is 0 Å². The van der Waals surface area contributed by atoms with Crippen molar-refractivity contribution in [3.63, 3.8) is 0 Å². The summed E-state index contributed by atoms with van der Waals surface area (Å²) in [7, 11) is 2.03. The quantitative estimate of drug-likeness (QED) is 0.848. The highest BCUT2D eigenvalue weighted by atomic mass is 14.9. The fourth-order valence-corrected chi connectivity index (χ4v) is 2.52. The fraction of sp³-hybridized carbons (Fsp3) is 0.294. The van der Waals surface area contributed by atoms with Crippen LogP contribution in [0, 0.1) is 6.92 Å². The summed E-state index contributed by atoms with van der Waals surface area (Å²) in [4.78, 5) is 0. The van der Waals surface area contributed by atoms with Crippen LogP contribution in [0.1, 0.15) is 35.6 Å². The van der Waals surface area contributed by atoms with Gasteiger partial charge in [-0.2, -0.15) is 0 Å². The second-order valence-corrected chi connectivity index (χ2v) is 4.88. The Morgan fingerprint density at radius 2 is 1.56 bits per heavy atom. The third-order valence-corrected chi connectivity index (χ3v) is 3.54. The molecule has 0 radical (unpaired) electrons. The topological polar surface area (TPSA) is 12.0 Å². The molecule has 0 heterocycles. The second kappa shape index (κ2) is 5.83. The van der Waals surface area contributed by atoms with Crippen molar-refractivity contribution in [1.82, 2.24) is 5.32 Å². The Hall–Kier alpha value is -1.60. The fourth-order valence-electron chi connectivity index (χ4n) is 2.52. The summed E-state index contributed by atoms with van der Waals surface area (Å²) in [6.45, 7) is 4.42. The number of hydrogen-bond donors (Lipinski definition) is 1. The Labute approximate surface area is 110 Å². The zero-order valence-corrected chi connectivity index (χ0v) is 11.4. The first-order valence-electron chi connectivity index (χ1n) is 6.51. The van der Waals surface area contributed by atoms with Crippen molar-refractivity contribution >= 4 is 0 Å². The summed E-state index contributed by atoms with van der Waals surface area (Å²) in [6, 6.07) is 19.8. The molecule has 2 unspecified atom stereocenters. The van der Waals surface area contributed by atoms with Gasteiger partial charge in [0.2, 0.25) is 0 Å². The first-order chi connectivity index (χ1) is 8.72. The highest BCUT2D eigenvalue weighted by Gasteiger charge is 2.18. The van der Waals surface area contributed by atoms with E-state index in [2.05, 4.69) is 73.8 Å². The molecule has 2 rings (SSSR count). The smallest absolute Gasteiger partial charge is 0.0384 e. The van der Waals surface area contributed by atoms with E-state index in [0.29, 0.717) is 12.0 Å². The maximum atomic E-state index is 3.44. The normalized spacial score (nSPS) is 14.2. The lowest BCUT2D eigenvalue weighted by Gasteiger charge is -2.24. The molecule has 1 heteroatoms. The van der Waals surface area contributed by atoms with E-state index in [-0.39, 0.29) is 0 Å². The molecule has 2 aromatic carbocycles. The molecular weight excluding hydrogens is 218 g/mol. The average molecular weight is 239 g/mol. The van der Waals surface area contributed by atoms with Crippen molar-refractivity contribution in [2.45, 2.75) is 25.8 Å². The van der Waals surface area contributed by atoms with Gasteiger partial charge in [0.1, 0.15) is 0 Å². The SMILES string of the molecule is CNC(c1cccc(C)c1)C(C)c1ccccc1. The molecule has 0 saturated carbocycles. The van der Waals surface area contributed by atoms with Crippen LogP contribution in [0.5, 0.6) is 0 Å². The molecular formula is C17H21N. The van der Waals surface area contributed by atoms with Crippen LogP contribution in [0.4, 0.5) is 0 Å². The Morgan fingerprint density at radius 3 is 2.17 bits per heavy atom. The summed E-state index contributed by atoms with van der Waals surface area (Å²) in [5, 5.41) is 3.44. The lowest BCUT2D eigenvalue weighted by atomic mass is 9.88. The van der Waals surface area contributed by atoms with Crippen LogP contribution >= 0.6 is 0 Å². The Bertz CT molecular complexity index is 490. The summed E-state index contributed by atoms with van der Waals surface area (Å²) < 4.78 is 0. The molecule has 1 N–H and O–H groups in total. The van der Waals surface area contributed by atoms with Gasteiger partial charge in [0.05, 0.1) is 0 Å². The molecule has 0 aliphatic heterocycles. The van der Waals surface area contributed by atoms with Crippen LogP contribution < -0.4 is 5.32 Å². The van der Waals surface area contributed by atoms with Gasteiger partial charge in [0.25, 0.3) is 0 Å². The molecule has 0 spiro atoms. The standard InChI is InChI=1S/C17H21N/c1-13-8-7-11-16(12-13)17(18-3)14(2)15-9-5-4-6-10-15/h4-12,14,17-18H,1-3H3. The summed E-state index contributed by atoms with van der Waals surface area (Å²) in [5.41, 5.74) is 4.04. The molecule has 0 aliphatic carbocycles. The number of aryl methyl sites for hydroxylation is 1. The molecule has 94 valence electrons. The lowest BCUT2D eigenvalue weighted by molar-refractivity contribution is 0.508. The van der Waals surface area contributed by atoms with E-state index in [9.17, 15) is 0 Å². The Morgan fingerprint density at radius 1 is 0.889 bits per heavy atom. The maximum absolute atomic E-state index is 3.44. The van der Waals surface area contributed by atoms with Gasteiger partial charge in [-0.15, -0.1) is 0 Å². The minimum atomic E-state index is 0.354. The van der Waals surface area contributed by atoms with Gasteiger partial charge in [-0.1, -0.05) is 67.1 Å². The maximum Gasteiger partial charge on any atom is 0.0384 e. The van der Waals surface area contributed by atoms with E-state index in [1.165, 1.54) is 16.7 Å². The predicted octanol–water partition coefficient (Wildman–Crippen LogP) is 4.06. The molecule has 2 atom stereocenters. The van der Waals surface area contributed by atoms with Crippen LogP contribution in [0.2, 0.25) is 0 Å². The molecule has 0 fully saturated rings. The van der Waals surface area contributed by atoms with Gasteiger partial charge in [-0.25, -0.2) is 0 Å². The van der Waals surface area contributed by atoms with Gasteiger partial charge in [-0.3, -0.25) is 0 Å². The molecule has 0 aliphatic rings. The predicted molar refractivity (Wildman–Crippen MR) is 77.8 cm³/mol. The Kier molecular flexibility index (Phi) is 4.16. The highest BCUT2D eigenvalue weighted by molar-refractivity contribution is 5.30. The van der Waals surface area contributed by atoms with Gasteiger partial charge >= 0.3 is 0 Å². The molecule has 2 aromatic rings.